The highest BCUT2D eigenvalue weighted by Gasteiger charge is 2.15. The van der Waals surface area contributed by atoms with E-state index in [9.17, 15) is 5.11 Å². The number of hydrogen-bond acceptors (Lipinski definition) is 4. The summed E-state index contributed by atoms with van der Waals surface area (Å²) in [5.74, 6) is 1.50. The molecule has 1 aromatic heterocycles. The number of rotatable bonds is 7. The number of hydrogen-bond donors (Lipinski definition) is 1. The topological polar surface area (TPSA) is 60.2 Å². The van der Waals surface area contributed by atoms with Crippen LogP contribution in [0, 0.1) is 0 Å². The lowest BCUT2D eigenvalue weighted by molar-refractivity contribution is 0.200. The second-order valence-corrected chi connectivity index (χ2v) is 5.45. The monoisotopic (exact) mass is 323 g/mol. The Balaban J connectivity index is 2.07. The largest absolute Gasteiger partial charge is 0.394 e. The Morgan fingerprint density at radius 1 is 1.00 bits per heavy atom. The van der Waals surface area contributed by atoms with Crippen molar-refractivity contribution in [2.24, 2.45) is 0 Å². The van der Waals surface area contributed by atoms with Gasteiger partial charge in [-0.1, -0.05) is 54.6 Å². The molecule has 0 aliphatic rings. The number of methoxy groups -OCH3 is 1. The van der Waals surface area contributed by atoms with Gasteiger partial charge in [-0.2, -0.15) is 5.10 Å². The lowest BCUT2D eigenvalue weighted by Crippen LogP contribution is -2.07. The molecule has 1 heterocycles. The SMILES string of the molecule is COCCc1nc(-c2ccccc2-c2ccccc2)n(CCO)n1. The molecule has 0 bridgehead atoms. The fraction of sp³-hybridized carbons (Fsp3) is 0.263. The van der Waals surface area contributed by atoms with Gasteiger partial charge < -0.3 is 9.84 Å². The second kappa shape index (κ2) is 7.86. The maximum atomic E-state index is 9.35. The van der Waals surface area contributed by atoms with E-state index in [4.69, 9.17) is 4.74 Å². The first-order valence-corrected chi connectivity index (χ1v) is 8.02. The van der Waals surface area contributed by atoms with E-state index in [-0.39, 0.29) is 6.61 Å². The Hall–Kier alpha value is -2.50. The average Bonchev–Trinajstić information content (AvgIpc) is 3.04. The van der Waals surface area contributed by atoms with Crippen LogP contribution in [0.1, 0.15) is 5.82 Å². The summed E-state index contributed by atoms with van der Waals surface area (Å²) in [5, 5.41) is 13.9. The summed E-state index contributed by atoms with van der Waals surface area (Å²) < 4.78 is 6.89. The molecule has 0 fully saturated rings. The highest BCUT2D eigenvalue weighted by Crippen LogP contribution is 2.30. The summed E-state index contributed by atoms with van der Waals surface area (Å²) in [4.78, 5) is 4.68. The maximum absolute atomic E-state index is 9.35. The van der Waals surface area contributed by atoms with Crippen LogP contribution in [0.5, 0.6) is 0 Å². The molecule has 3 aromatic rings. The van der Waals surface area contributed by atoms with Gasteiger partial charge in [-0.05, 0) is 11.1 Å². The summed E-state index contributed by atoms with van der Waals surface area (Å²) in [6.45, 7) is 1.01. The first kappa shape index (κ1) is 16.4. The van der Waals surface area contributed by atoms with Crippen molar-refractivity contribution in [2.75, 3.05) is 20.3 Å². The van der Waals surface area contributed by atoms with Crippen molar-refractivity contribution in [3.63, 3.8) is 0 Å². The van der Waals surface area contributed by atoms with Gasteiger partial charge in [0, 0.05) is 19.1 Å². The molecule has 0 saturated carbocycles. The van der Waals surface area contributed by atoms with Crippen LogP contribution in [-0.2, 0) is 17.7 Å². The molecule has 24 heavy (non-hydrogen) atoms. The van der Waals surface area contributed by atoms with Gasteiger partial charge in [0.2, 0.25) is 0 Å². The van der Waals surface area contributed by atoms with Crippen molar-refractivity contribution in [3.8, 4) is 22.5 Å². The third-order valence-corrected chi connectivity index (χ3v) is 3.81. The Bertz CT molecular complexity index is 784. The minimum absolute atomic E-state index is 0.0214. The van der Waals surface area contributed by atoms with Crippen LogP contribution in [0.3, 0.4) is 0 Å². The summed E-state index contributed by atoms with van der Waals surface area (Å²) in [6, 6.07) is 18.3. The van der Waals surface area contributed by atoms with Crippen molar-refractivity contribution >= 4 is 0 Å². The molecule has 0 aliphatic heterocycles. The van der Waals surface area contributed by atoms with E-state index in [0.717, 1.165) is 28.3 Å². The minimum atomic E-state index is 0.0214. The normalized spacial score (nSPS) is 10.9. The number of aliphatic hydroxyl groups is 1. The van der Waals surface area contributed by atoms with Crippen molar-refractivity contribution in [3.05, 3.63) is 60.4 Å². The molecule has 1 N–H and O–H groups in total. The Morgan fingerprint density at radius 3 is 2.42 bits per heavy atom. The Kier molecular flexibility index (Phi) is 5.36. The molecule has 5 nitrogen and oxygen atoms in total. The molecule has 0 saturated heterocycles. The van der Waals surface area contributed by atoms with Crippen LogP contribution in [0.25, 0.3) is 22.5 Å². The zero-order valence-corrected chi connectivity index (χ0v) is 13.7. The third kappa shape index (κ3) is 3.53. The van der Waals surface area contributed by atoms with Crippen LogP contribution < -0.4 is 0 Å². The fourth-order valence-electron chi connectivity index (χ4n) is 2.69. The molecule has 2 aromatic carbocycles. The second-order valence-electron chi connectivity index (χ2n) is 5.45. The van der Waals surface area contributed by atoms with Crippen molar-refractivity contribution < 1.29 is 9.84 Å². The molecular formula is C19H21N3O2. The summed E-state index contributed by atoms with van der Waals surface area (Å²) in [5.41, 5.74) is 3.24. The van der Waals surface area contributed by atoms with Crippen LogP contribution >= 0.6 is 0 Å². The summed E-state index contributed by atoms with van der Waals surface area (Å²) in [7, 11) is 1.66. The van der Waals surface area contributed by atoms with E-state index in [1.54, 1.807) is 11.8 Å². The van der Waals surface area contributed by atoms with Crippen molar-refractivity contribution in [1.29, 1.82) is 0 Å². The van der Waals surface area contributed by atoms with E-state index in [1.165, 1.54) is 0 Å². The van der Waals surface area contributed by atoms with Gasteiger partial charge in [0.15, 0.2) is 11.6 Å². The Labute approximate surface area is 141 Å². The van der Waals surface area contributed by atoms with Gasteiger partial charge in [0.05, 0.1) is 19.8 Å². The molecular weight excluding hydrogens is 302 g/mol. The number of aromatic nitrogens is 3. The van der Waals surface area contributed by atoms with E-state index in [0.29, 0.717) is 19.6 Å². The molecule has 0 spiro atoms. The zero-order valence-electron chi connectivity index (χ0n) is 13.7. The van der Waals surface area contributed by atoms with Gasteiger partial charge in [0.1, 0.15) is 0 Å². The molecule has 0 aliphatic carbocycles. The molecule has 5 heteroatoms. The smallest absolute Gasteiger partial charge is 0.159 e. The fourth-order valence-corrected chi connectivity index (χ4v) is 2.69. The molecule has 0 radical (unpaired) electrons. The van der Waals surface area contributed by atoms with Crippen LogP contribution in [0.4, 0.5) is 0 Å². The lowest BCUT2D eigenvalue weighted by atomic mass is 9.99. The van der Waals surface area contributed by atoms with E-state index in [2.05, 4.69) is 28.3 Å². The molecule has 124 valence electrons. The average molecular weight is 323 g/mol. The van der Waals surface area contributed by atoms with Crippen LogP contribution in [-0.4, -0.2) is 40.2 Å². The van der Waals surface area contributed by atoms with Gasteiger partial charge in [-0.15, -0.1) is 0 Å². The van der Waals surface area contributed by atoms with Crippen molar-refractivity contribution in [1.82, 2.24) is 14.8 Å². The highest BCUT2D eigenvalue weighted by atomic mass is 16.5. The number of ether oxygens (including phenoxy) is 1. The third-order valence-electron chi connectivity index (χ3n) is 3.81. The summed E-state index contributed by atoms with van der Waals surface area (Å²) in [6.07, 6.45) is 0.648. The minimum Gasteiger partial charge on any atom is -0.394 e. The molecule has 3 rings (SSSR count). The van der Waals surface area contributed by atoms with Gasteiger partial charge in [-0.3, -0.25) is 0 Å². The van der Waals surface area contributed by atoms with Crippen LogP contribution in [0.15, 0.2) is 54.6 Å². The molecule has 0 unspecified atom stereocenters. The maximum Gasteiger partial charge on any atom is 0.159 e. The van der Waals surface area contributed by atoms with Gasteiger partial charge >= 0.3 is 0 Å². The van der Waals surface area contributed by atoms with E-state index >= 15 is 0 Å². The standard InChI is InChI=1S/C19H21N3O2/c1-24-14-11-18-20-19(22(21-18)12-13-23)17-10-6-5-9-16(17)15-7-3-2-4-8-15/h2-10,23H,11-14H2,1H3. The quantitative estimate of drug-likeness (QED) is 0.726. The van der Waals surface area contributed by atoms with Crippen molar-refractivity contribution in [2.45, 2.75) is 13.0 Å². The number of aliphatic hydroxyl groups excluding tert-OH is 1. The first-order valence-electron chi connectivity index (χ1n) is 8.02. The first-order chi connectivity index (χ1) is 11.8. The van der Waals surface area contributed by atoms with E-state index < -0.39 is 0 Å². The van der Waals surface area contributed by atoms with Crippen LogP contribution in [0.2, 0.25) is 0 Å². The van der Waals surface area contributed by atoms with E-state index in [1.807, 2.05) is 36.4 Å². The predicted octanol–water partition coefficient (Wildman–Crippen LogP) is 2.79. The number of nitrogens with zero attached hydrogens (tertiary/aromatic N) is 3. The number of benzene rings is 2. The van der Waals surface area contributed by atoms with Gasteiger partial charge in [-0.25, -0.2) is 9.67 Å². The summed E-state index contributed by atoms with van der Waals surface area (Å²) >= 11 is 0. The zero-order chi connectivity index (χ0) is 16.8. The Morgan fingerprint density at radius 2 is 1.71 bits per heavy atom. The van der Waals surface area contributed by atoms with Gasteiger partial charge in [0.25, 0.3) is 0 Å². The lowest BCUT2D eigenvalue weighted by Gasteiger charge is -2.10. The molecule has 0 amide bonds. The highest BCUT2D eigenvalue weighted by molar-refractivity contribution is 5.80. The predicted molar refractivity (Wildman–Crippen MR) is 93.6 cm³/mol. The molecule has 0 atom stereocenters.